The lowest BCUT2D eigenvalue weighted by molar-refractivity contribution is 0.397. The first-order valence-corrected chi connectivity index (χ1v) is 19.9. The summed E-state index contributed by atoms with van der Waals surface area (Å²) < 4.78 is 0. The van der Waals surface area contributed by atoms with Crippen molar-refractivity contribution in [1.82, 2.24) is 0 Å². The second-order valence-electron chi connectivity index (χ2n) is 17.8. The van der Waals surface area contributed by atoms with Crippen LogP contribution in [0.1, 0.15) is 94.7 Å². The molecule has 2 nitrogen and oxygen atoms in total. The van der Waals surface area contributed by atoms with E-state index in [0.717, 1.165) is 22.6 Å². The van der Waals surface area contributed by atoms with E-state index in [4.69, 9.17) is 6.58 Å². The average molecular weight is 721 g/mol. The zero-order chi connectivity index (χ0) is 39.2. The van der Waals surface area contributed by atoms with Crippen molar-refractivity contribution in [2.45, 2.75) is 91.4 Å². The topological polar surface area (TPSA) is 6.48 Å². The lowest BCUT2D eigenvalue weighted by atomic mass is 9.66. The molecule has 0 amide bonds. The Morgan fingerprint density at radius 1 is 0.636 bits per heavy atom. The minimum absolute atomic E-state index is 0.0176. The Kier molecular flexibility index (Phi) is 8.57. The van der Waals surface area contributed by atoms with Crippen LogP contribution in [0.2, 0.25) is 0 Å². The zero-order valence-corrected chi connectivity index (χ0v) is 34.5. The van der Waals surface area contributed by atoms with Gasteiger partial charge in [0, 0.05) is 39.5 Å². The van der Waals surface area contributed by atoms with E-state index in [1.807, 2.05) is 0 Å². The summed E-state index contributed by atoms with van der Waals surface area (Å²) >= 11 is 0. The van der Waals surface area contributed by atoms with Crippen molar-refractivity contribution in [3.63, 3.8) is 0 Å². The van der Waals surface area contributed by atoms with E-state index in [9.17, 15) is 0 Å². The summed E-state index contributed by atoms with van der Waals surface area (Å²) in [4.78, 5) is 4.91. The van der Waals surface area contributed by atoms with Gasteiger partial charge in [-0.2, -0.15) is 0 Å². The number of nitrogens with zero attached hydrogens (tertiary/aromatic N) is 2. The zero-order valence-electron chi connectivity index (χ0n) is 34.5. The van der Waals surface area contributed by atoms with E-state index in [1.54, 1.807) is 0 Å². The van der Waals surface area contributed by atoms with Crippen molar-refractivity contribution in [2.75, 3.05) is 9.80 Å². The highest BCUT2D eigenvalue weighted by Crippen LogP contribution is 2.58. The van der Waals surface area contributed by atoms with Gasteiger partial charge in [0.1, 0.15) is 0 Å². The molecule has 2 unspecified atom stereocenters. The molecule has 5 aromatic rings. The van der Waals surface area contributed by atoms with Gasteiger partial charge in [-0.15, -0.1) is 6.58 Å². The Bertz CT molecular complexity index is 2430. The van der Waals surface area contributed by atoms with Crippen molar-refractivity contribution in [2.24, 2.45) is 5.92 Å². The summed E-state index contributed by atoms with van der Waals surface area (Å²) in [5.74, 6) is 0.724. The van der Waals surface area contributed by atoms with E-state index in [1.165, 1.54) is 67.2 Å². The maximum Gasteiger partial charge on any atom is 0.0504 e. The fourth-order valence-electron chi connectivity index (χ4n) is 9.99. The molecule has 2 aliphatic heterocycles. The third-order valence-corrected chi connectivity index (χ3v) is 13.4. The van der Waals surface area contributed by atoms with Crippen LogP contribution in [-0.2, 0) is 16.2 Å². The Balaban J connectivity index is 1.25. The number of aryl methyl sites for hydroxylation is 2. The van der Waals surface area contributed by atoms with E-state index in [2.05, 4.69) is 207 Å². The molecule has 278 valence electrons. The maximum absolute atomic E-state index is 4.82. The SMILES string of the molecule is C=CC1c2ccc(-c3ccc(N(c4cc(C)cc(C)c4)c4ccc5c(c4)C(C)(C)C(=C)C4=C(C)C(C)(C)c6ccccc6N45)cc3)cc2C(C)(C)C1/C=C\C. The van der Waals surface area contributed by atoms with Crippen LogP contribution in [-0.4, -0.2) is 0 Å². The molecule has 3 aliphatic rings. The molecule has 5 aromatic carbocycles. The highest BCUT2D eigenvalue weighted by Gasteiger charge is 2.46. The maximum atomic E-state index is 4.82. The molecular weight excluding hydrogens is 665 g/mol. The number of fused-ring (bicyclic) bond motifs is 6. The van der Waals surface area contributed by atoms with E-state index >= 15 is 0 Å². The Morgan fingerprint density at radius 2 is 1.27 bits per heavy atom. The normalized spacial score (nSPS) is 20.2. The average Bonchev–Trinajstić information content (AvgIpc) is 3.37. The molecule has 55 heavy (non-hydrogen) atoms. The third-order valence-electron chi connectivity index (χ3n) is 13.4. The molecule has 2 heterocycles. The molecule has 1 aliphatic carbocycles. The number of benzene rings is 5. The first-order valence-electron chi connectivity index (χ1n) is 19.9. The molecule has 0 saturated carbocycles. The number of anilines is 5. The fraction of sp³-hybridized carbons (Fsp3) is 0.283. The van der Waals surface area contributed by atoms with Crippen LogP contribution in [0.5, 0.6) is 0 Å². The van der Waals surface area contributed by atoms with Gasteiger partial charge >= 0.3 is 0 Å². The van der Waals surface area contributed by atoms with Crippen molar-refractivity contribution >= 4 is 28.4 Å². The van der Waals surface area contributed by atoms with Gasteiger partial charge in [-0.3, -0.25) is 0 Å². The van der Waals surface area contributed by atoms with Gasteiger partial charge in [0.2, 0.25) is 0 Å². The van der Waals surface area contributed by atoms with E-state index in [-0.39, 0.29) is 16.2 Å². The molecule has 8 rings (SSSR count). The van der Waals surface area contributed by atoms with E-state index < -0.39 is 0 Å². The highest BCUT2D eigenvalue weighted by atomic mass is 15.2. The van der Waals surface area contributed by atoms with Crippen LogP contribution in [0.4, 0.5) is 28.4 Å². The van der Waals surface area contributed by atoms with Crippen molar-refractivity contribution in [3.8, 4) is 11.1 Å². The van der Waals surface area contributed by atoms with Crippen molar-refractivity contribution < 1.29 is 0 Å². The Hall–Kier alpha value is -5.34. The van der Waals surface area contributed by atoms with Crippen LogP contribution in [0.3, 0.4) is 0 Å². The Morgan fingerprint density at radius 3 is 1.95 bits per heavy atom. The lowest BCUT2D eigenvalue weighted by Gasteiger charge is -2.50. The molecule has 0 fully saturated rings. The van der Waals surface area contributed by atoms with Gasteiger partial charge in [0.15, 0.2) is 0 Å². The minimum atomic E-state index is -0.281. The standard InChI is InChI=1S/C53H56N2/c1-13-17-44-42(14-2)43-26-22-38(31-46(43)53(44,11)12)37-20-23-39(24-21-37)54(41-29-33(3)28-34(4)30-41)40-25-27-49-47(32-40)52(9,10)36(6)50-35(5)51(7,8)45-18-15-16-19-48(45)55(49)50/h13-32,42,44H,2,6H2,1,3-5,7-12H3/b17-13-. The number of rotatable bonds is 6. The molecule has 2 heteroatoms. The molecule has 0 radical (unpaired) electrons. The summed E-state index contributed by atoms with van der Waals surface area (Å²) in [5, 5.41) is 0. The van der Waals surface area contributed by atoms with Gasteiger partial charge in [0.25, 0.3) is 0 Å². The van der Waals surface area contributed by atoms with Crippen LogP contribution >= 0.6 is 0 Å². The summed E-state index contributed by atoms with van der Waals surface area (Å²) in [6, 6.07) is 39.0. The smallest absolute Gasteiger partial charge is 0.0504 e. The quantitative estimate of drug-likeness (QED) is 0.161. The number of para-hydroxylation sites is 1. The van der Waals surface area contributed by atoms with Gasteiger partial charge in [-0.25, -0.2) is 0 Å². The van der Waals surface area contributed by atoms with Crippen LogP contribution in [0.15, 0.2) is 151 Å². The van der Waals surface area contributed by atoms with Gasteiger partial charge < -0.3 is 9.80 Å². The Labute approximate surface area is 330 Å². The third kappa shape index (κ3) is 5.51. The van der Waals surface area contributed by atoms with Crippen molar-refractivity contribution in [1.29, 1.82) is 0 Å². The van der Waals surface area contributed by atoms with Crippen molar-refractivity contribution in [3.05, 3.63) is 185 Å². The molecule has 0 aromatic heterocycles. The molecule has 0 N–H and O–H groups in total. The predicted molar refractivity (Wildman–Crippen MR) is 237 cm³/mol. The predicted octanol–water partition coefficient (Wildman–Crippen LogP) is 14.7. The second kappa shape index (κ2) is 12.9. The van der Waals surface area contributed by atoms with Crippen LogP contribution in [0.25, 0.3) is 11.1 Å². The summed E-state index contributed by atoms with van der Waals surface area (Å²) in [6.45, 7) is 32.0. The summed E-state index contributed by atoms with van der Waals surface area (Å²) in [6.07, 6.45) is 6.69. The van der Waals surface area contributed by atoms with E-state index in [0.29, 0.717) is 11.8 Å². The van der Waals surface area contributed by atoms with Gasteiger partial charge in [-0.1, -0.05) is 121 Å². The number of hydrogen-bond acceptors (Lipinski definition) is 2. The first kappa shape index (κ1) is 36.6. The first-order chi connectivity index (χ1) is 26.1. The fourth-order valence-corrected chi connectivity index (χ4v) is 9.99. The highest BCUT2D eigenvalue weighted by molar-refractivity contribution is 5.88. The van der Waals surface area contributed by atoms with Crippen LogP contribution in [0, 0.1) is 19.8 Å². The lowest BCUT2D eigenvalue weighted by Crippen LogP contribution is -2.41. The van der Waals surface area contributed by atoms with Gasteiger partial charge in [0.05, 0.1) is 11.4 Å². The largest absolute Gasteiger partial charge is 0.310 e. The number of hydrogen-bond donors (Lipinski definition) is 0. The summed E-state index contributed by atoms with van der Waals surface area (Å²) in [7, 11) is 0. The molecular formula is C53H56N2. The second-order valence-corrected chi connectivity index (χ2v) is 17.8. The molecule has 0 saturated heterocycles. The van der Waals surface area contributed by atoms with Crippen LogP contribution < -0.4 is 9.80 Å². The summed E-state index contributed by atoms with van der Waals surface area (Å²) in [5.41, 5.74) is 19.7. The molecule has 2 atom stereocenters. The van der Waals surface area contributed by atoms with Gasteiger partial charge in [-0.05, 0) is 143 Å². The minimum Gasteiger partial charge on any atom is -0.310 e. The molecule has 0 bridgehead atoms. The number of allylic oxidation sites excluding steroid dienone is 5. The monoisotopic (exact) mass is 720 g/mol. The molecule has 0 spiro atoms.